The van der Waals surface area contributed by atoms with Crippen LogP contribution in [0.25, 0.3) is 22.3 Å². The standard InChI is InChI=1S/C47H58N8O4/c1-31(2)54-30-48-39-27-38(50-42(41(39)54)49-34-13-14-34)33-12-15-37-40(24-33)55(36-25-35(26-36)51-19-8-5-9-20-51)44(57)47(37)17-22-52(23-18-47)43(56)46(3)16-21-53(29-46)45(58)59-28-32-10-6-4-7-11-32/h4,6-7,10-12,15,24,27,30-31,34-36H,5,8-9,13-14,16-23,25-26,28-29H2,1-3H3,(H,49,50)/t35?,36?,46-/m1/s1. The van der Waals surface area contributed by atoms with E-state index < -0.39 is 10.8 Å². The number of benzene rings is 2. The van der Waals surface area contributed by atoms with Gasteiger partial charge in [0, 0.05) is 61.6 Å². The molecule has 10 rings (SSSR count). The van der Waals surface area contributed by atoms with E-state index in [1.54, 1.807) is 4.90 Å². The summed E-state index contributed by atoms with van der Waals surface area (Å²) in [6.07, 6.45) is 11.4. The molecule has 59 heavy (non-hydrogen) atoms. The normalized spacial score (nSPS) is 25.5. The minimum atomic E-state index is -0.698. The number of carbonyl (C=O) groups is 3. The third-order valence-corrected chi connectivity index (χ3v) is 14.4. The molecule has 1 atom stereocenters. The number of piperidine rings is 2. The van der Waals surface area contributed by atoms with E-state index in [0.717, 1.165) is 83.7 Å². The molecule has 3 saturated heterocycles. The van der Waals surface area contributed by atoms with Crippen LogP contribution in [0.3, 0.4) is 0 Å². The second-order valence-corrected chi connectivity index (χ2v) is 18.8. The predicted octanol–water partition coefficient (Wildman–Crippen LogP) is 7.53. The Kier molecular flexibility index (Phi) is 9.68. The van der Waals surface area contributed by atoms with Crippen molar-refractivity contribution < 1.29 is 19.1 Å². The molecule has 2 aromatic heterocycles. The van der Waals surface area contributed by atoms with Crippen molar-refractivity contribution in [3.8, 4) is 11.3 Å². The molecule has 2 aromatic carbocycles. The number of imidazole rings is 1. The molecule has 3 amide bonds. The minimum absolute atomic E-state index is 0.0592. The highest BCUT2D eigenvalue weighted by molar-refractivity contribution is 6.09. The summed E-state index contributed by atoms with van der Waals surface area (Å²) < 4.78 is 7.81. The summed E-state index contributed by atoms with van der Waals surface area (Å²) >= 11 is 0. The summed E-state index contributed by atoms with van der Waals surface area (Å²) in [5.41, 5.74) is 5.44. The van der Waals surface area contributed by atoms with E-state index >= 15 is 4.79 Å². The molecule has 4 aromatic rings. The lowest BCUT2D eigenvalue weighted by atomic mass is 9.72. The lowest BCUT2D eigenvalue weighted by molar-refractivity contribution is -0.143. The van der Waals surface area contributed by atoms with Crippen LogP contribution < -0.4 is 10.2 Å². The van der Waals surface area contributed by atoms with Crippen LogP contribution in [0.5, 0.6) is 0 Å². The first-order valence-electron chi connectivity index (χ1n) is 22.2. The quantitative estimate of drug-likeness (QED) is 0.185. The molecule has 6 aliphatic rings. The maximum absolute atomic E-state index is 15.1. The number of anilines is 2. The summed E-state index contributed by atoms with van der Waals surface area (Å²) in [6, 6.07) is 19.7. The third-order valence-electron chi connectivity index (χ3n) is 14.4. The number of ether oxygens (including phenoxy) is 1. The van der Waals surface area contributed by atoms with Crippen LogP contribution in [-0.2, 0) is 26.3 Å². The topological polar surface area (TPSA) is 116 Å². The second-order valence-electron chi connectivity index (χ2n) is 18.8. The van der Waals surface area contributed by atoms with Crippen LogP contribution in [-0.4, -0.2) is 105 Å². The first-order valence-corrected chi connectivity index (χ1v) is 22.2. The number of pyridine rings is 1. The van der Waals surface area contributed by atoms with Gasteiger partial charge in [-0.2, -0.15) is 0 Å². The zero-order valence-electron chi connectivity index (χ0n) is 34.9. The van der Waals surface area contributed by atoms with Gasteiger partial charge in [-0.15, -0.1) is 0 Å². The van der Waals surface area contributed by atoms with Crippen molar-refractivity contribution in [2.24, 2.45) is 5.41 Å². The molecule has 2 aliphatic carbocycles. The van der Waals surface area contributed by atoms with Crippen LogP contribution in [0.1, 0.15) is 102 Å². The van der Waals surface area contributed by atoms with Crippen molar-refractivity contribution in [2.45, 2.75) is 121 Å². The third kappa shape index (κ3) is 6.85. The van der Waals surface area contributed by atoms with Crippen molar-refractivity contribution >= 4 is 40.4 Å². The van der Waals surface area contributed by atoms with Crippen molar-refractivity contribution in [1.82, 2.24) is 29.2 Å². The van der Waals surface area contributed by atoms with Crippen LogP contribution in [0.4, 0.5) is 16.3 Å². The minimum Gasteiger partial charge on any atom is -0.445 e. The Hall–Kier alpha value is -4.97. The number of nitrogens with one attached hydrogen (secondary N) is 1. The van der Waals surface area contributed by atoms with Crippen LogP contribution in [0, 0.1) is 5.41 Å². The number of carbonyl (C=O) groups excluding carboxylic acids is 3. The van der Waals surface area contributed by atoms with Gasteiger partial charge in [0.15, 0.2) is 5.82 Å². The Bertz CT molecular complexity index is 2250. The van der Waals surface area contributed by atoms with Gasteiger partial charge in [0.2, 0.25) is 11.8 Å². The summed E-state index contributed by atoms with van der Waals surface area (Å²) in [7, 11) is 0. The van der Waals surface area contributed by atoms with Gasteiger partial charge < -0.3 is 34.2 Å². The number of amides is 3. The lowest BCUT2D eigenvalue weighted by Crippen LogP contribution is -2.59. The first-order chi connectivity index (χ1) is 28.6. The molecule has 4 aliphatic heterocycles. The van der Waals surface area contributed by atoms with Gasteiger partial charge in [0.25, 0.3) is 0 Å². The Balaban J connectivity index is 0.902. The maximum Gasteiger partial charge on any atom is 0.410 e. The maximum atomic E-state index is 15.1. The molecule has 0 radical (unpaired) electrons. The fourth-order valence-corrected chi connectivity index (χ4v) is 10.6. The lowest BCUT2D eigenvalue weighted by Gasteiger charge is -2.48. The van der Waals surface area contributed by atoms with Crippen LogP contribution in [0.15, 0.2) is 60.9 Å². The van der Waals surface area contributed by atoms with E-state index in [9.17, 15) is 9.59 Å². The molecule has 1 spiro atoms. The molecule has 1 N–H and O–H groups in total. The van der Waals surface area contributed by atoms with Gasteiger partial charge in [0.05, 0.1) is 28.4 Å². The highest BCUT2D eigenvalue weighted by atomic mass is 16.6. The molecular weight excluding hydrogens is 741 g/mol. The van der Waals surface area contributed by atoms with Gasteiger partial charge in [0.1, 0.15) is 12.1 Å². The molecule has 0 bridgehead atoms. The summed E-state index contributed by atoms with van der Waals surface area (Å²) in [6.45, 7) is 10.6. The number of hydrogen-bond donors (Lipinski definition) is 1. The van der Waals surface area contributed by atoms with Gasteiger partial charge in [-0.3, -0.25) is 9.59 Å². The Morgan fingerprint density at radius 3 is 2.37 bits per heavy atom. The van der Waals surface area contributed by atoms with E-state index in [1.807, 2.05) is 48.5 Å². The van der Waals surface area contributed by atoms with Crippen LogP contribution >= 0.6 is 0 Å². The summed E-state index contributed by atoms with van der Waals surface area (Å²) in [5, 5.41) is 3.69. The highest BCUT2D eigenvalue weighted by Crippen LogP contribution is 2.52. The fraction of sp³-hybridized carbons (Fsp3) is 0.553. The van der Waals surface area contributed by atoms with E-state index in [-0.39, 0.29) is 36.6 Å². The van der Waals surface area contributed by atoms with Crippen LogP contribution in [0.2, 0.25) is 0 Å². The van der Waals surface area contributed by atoms with E-state index in [4.69, 9.17) is 14.7 Å². The van der Waals surface area contributed by atoms with Crippen molar-refractivity contribution in [1.29, 1.82) is 0 Å². The number of hydrogen-bond acceptors (Lipinski definition) is 8. The predicted molar refractivity (Wildman–Crippen MR) is 228 cm³/mol. The fourth-order valence-electron chi connectivity index (χ4n) is 10.6. The number of rotatable bonds is 9. The zero-order valence-corrected chi connectivity index (χ0v) is 34.9. The summed E-state index contributed by atoms with van der Waals surface area (Å²) in [5.74, 6) is 1.12. The highest BCUT2D eigenvalue weighted by Gasteiger charge is 2.57. The number of fused-ring (bicyclic) bond motifs is 3. The molecule has 12 nitrogen and oxygen atoms in total. The molecule has 2 saturated carbocycles. The summed E-state index contributed by atoms with van der Waals surface area (Å²) in [4.78, 5) is 60.9. The average molecular weight is 799 g/mol. The van der Waals surface area contributed by atoms with Gasteiger partial charge >= 0.3 is 6.09 Å². The number of nitrogens with zero attached hydrogens (tertiary/aromatic N) is 7. The van der Waals surface area contributed by atoms with E-state index in [2.05, 4.69) is 57.8 Å². The van der Waals surface area contributed by atoms with Crippen molar-refractivity contribution in [3.63, 3.8) is 0 Å². The molecule has 5 fully saturated rings. The first kappa shape index (κ1) is 38.2. The van der Waals surface area contributed by atoms with Gasteiger partial charge in [-0.1, -0.05) is 48.9 Å². The number of likely N-dealkylation sites (tertiary alicyclic amines) is 3. The van der Waals surface area contributed by atoms with Crippen molar-refractivity contribution in [3.05, 3.63) is 72.1 Å². The molecular formula is C47H58N8O4. The molecule has 310 valence electrons. The monoisotopic (exact) mass is 798 g/mol. The smallest absolute Gasteiger partial charge is 0.410 e. The second kappa shape index (κ2) is 14.9. The van der Waals surface area contributed by atoms with Gasteiger partial charge in [-0.25, -0.2) is 14.8 Å². The van der Waals surface area contributed by atoms with E-state index in [1.165, 1.54) is 19.3 Å². The molecule has 0 unspecified atom stereocenters. The van der Waals surface area contributed by atoms with Crippen molar-refractivity contribution in [2.75, 3.05) is 49.5 Å². The Morgan fingerprint density at radius 2 is 1.64 bits per heavy atom. The Labute approximate surface area is 347 Å². The SMILES string of the molecule is CC(C)n1cnc2cc(-c3ccc4c(c3)N(C3CC(N5CCCCC5)C3)C(=O)C43CCN(C(=O)[C@]4(C)CCN(C(=O)OCc5ccccc5)C4)CC3)nc(NC3CC3)c21. The zero-order chi connectivity index (χ0) is 40.5. The number of aromatic nitrogens is 3. The molecule has 6 heterocycles. The molecule has 12 heteroatoms. The Morgan fingerprint density at radius 1 is 0.898 bits per heavy atom. The van der Waals surface area contributed by atoms with Gasteiger partial charge in [-0.05, 0) is 115 Å². The largest absolute Gasteiger partial charge is 0.445 e. The van der Waals surface area contributed by atoms with E-state index in [0.29, 0.717) is 57.5 Å². The average Bonchev–Trinajstić information content (AvgIpc) is 3.71.